The van der Waals surface area contributed by atoms with Crippen molar-refractivity contribution >= 4 is 17.6 Å². The van der Waals surface area contributed by atoms with E-state index in [1.54, 1.807) is 6.07 Å². The van der Waals surface area contributed by atoms with E-state index >= 15 is 0 Å². The Labute approximate surface area is 95.1 Å². The predicted molar refractivity (Wildman–Crippen MR) is 64.9 cm³/mol. The van der Waals surface area contributed by atoms with Crippen LogP contribution in [0, 0.1) is 0 Å². The number of hydrogen-bond acceptors (Lipinski definition) is 6. The van der Waals surface area contributed by atoms with Crippen molar-refractivity contribution < 1.29 is 5.11 Å². The SMILES string of the molecule is CCC(C)(CCO)Nc1cc(N)nc(N)n1. The number of aliphatic hydroxyl groups excluding tert-OH is 1. The van der Waals surface area contributed by atoms with Gasteiger partial charge in [0.2, 0.25) is 5.95 Å². The van der Waals surface area contributed by atoms with Crippen molar-refractivity contribution in [3.63, 3.8) is 0 Å². The van der Waals surface area contributed by atoms with Crippen molar-refractivity contribution in [2.45, 2.75) is 32.2 Å². The normalized spacial score (nSPS) is 14.4. The molecule has 0 saturated heterocycles. The summed E-state index contributed by atoms with van der Waals surface area (Å²) in [4.78, 5) is 7.83. The molecule has 0 saturated carbocycles. The van der Waals surface area contributed by atoms with Crippen LogP contribution in [0.2, 0.25) is 0 Å². The number of anilines is 3. The zero-order valence-electron chi connectivity index (χ0n) is 9.70. The summed E-state index contributed by atoms with van der Waals surface area (Å²) < 4.78 is 0. The molecule has 6 heteroatoms. The molecule has 0 spiro atoms. The van der Waals surface area contributed by atoms with Gasteiger partial charge in [-0.1, -0.05) is 6.92 Å². The highest BCUT2D eigenvalue weighted by atomic mass is 16.3. The van der Waals surface area contributed by atoms with Gasteiger partial charge in [-0.2, -0.15) is 9.97 Å². The maximum absolute atomic E-state index is 9.00. The van der Waals surface area contributed by atoms with Gasteiger partial charge in [0, 0.05) is 18.2 Å². The molecule has 0 fully saturated rings. The van der Waals surface area contributed by atoms with Crippen LogP contribution in [-0.2, 0) is 0 Å². The maximum atomic E-state index is 9.00. The third-order valence-corrected chi connectivity index (χ3v) is 2.64. The second-order valence-corrected chi connectivity index (χ2v) is 4.05. The number of rotatable bonds is 5. The molecule has 6 N–H and O–H groups in total. The molecular weight excluding hydrogens is 206 g/mol. The minimum atomic E-state index is -0.220. The van der Waals surface area contributed by atoms with Crippen LogP contribution in [0.5, 0.6) is 0 Å². The fraction of sp³-hybridized carbons (Fsp3) is 0.600. The minimum Gasteiger partial charge on any atom is -0.396 e. The highest BCUT2D eigenvalue weighted by Crippen LogP contribution is 2.21. The van der Waals surface area contributed by atoms with Gasteiger partial charge in [0.15, 0.2) is 0 Å². The molecule has 1 aromatic heterocycles. The van der Waals surface area contributed by atoms with E-state index in [0.717, 1.165) is 6.42 Å². The number of aliphatic hydroxyl groups is 1. The Morgan fingerprint density at radius 2 is 2.12 bits per heavy atom. The summed E-state index contributed by atoms with van der Waals surface area (Å²) >= 11 is 0. The number of nitrogens with one attached hydrogen (secondary N) is 1. The van der Waals surface area contributed by atoms with E-state index in [4.69, 9.17) is 16.6 Å². The van der Waals surface area contributed by atoms with E-state index in [1.165, 1.54) is 0 Å². The Morgan fingerprint density at radius 3 is 2.62 bits per heavy atom. The molecule has 16 heavy (non-hydrogen) atoms. The summed E-state index contributed by atoms with van der Waals surface area (Å²) in [6.07, 6.45) is 1.49. The van der Waals surface area contributed by atoms with E-state index in [2.05, 4.69) is 15.3 Å². The van der Waals surface area contributed by atoms with E-state index < -0.39 is 0 Å². The Bertz CT molecular complexity index is 337. The molecule has 0 aliphatic heterocycles. The van der Waals surface area contributed by atoms with Crippen LogP contribution in [0.4, 0.5) is 17.6 Å². The summed E-state index contributed by atoms with van der Waals surface area (Å²) in [5.41, 5.74) is 10.9. The zero-order chi connectivity index (χ0) is 12.2. The van der Waals surface area contributed by atoms with Gasteiger partial charge in [0.25, 0.3) is 0 Å². The van der Waals surface area contributed by atoms with Crippen molar-refractivity contribution in [3.05, 3.63) is 6.07 Å². The predicted octanol–water partition coefficient (Wildman–Crippen LogP) is 0.604. The van der Waals surface area contributed by atoms with Gasteiger partial charge >= 0.3 is 0 Å². The molecule has 1 heterocycles. The Hall–Kier alpha value is -1.56. The van der Waals surface area contributed by atoms with Gasteiger partial charge in [0.1, 0.15) is 11.6 Å². The van der Waals surface area contributed by atoms with Crippen LogP contribution in [0.15, 0.2) is 6.07 Å². The van der Waals surface area contributed by atoms with Gasteiger partial charge in [0.05, 0.1) is 0 Å². The molecule has 0 aromatic carbocycles. The fourth-order valence-corrected chi connectivity index (χ4v) is 1.43. The van der Waals surface area contributed by atoms with Crippen molar-refractivity contribution in [2.75, 3.05) is 23.4 Å². The lowest BCUT2D eigenvalue weighted by molar-refractivity contribution is 0.252. The number of nitrogen functional groups attached to an aromatic ring is 2. The first-order chi connectivity index (χ1) is 7.49. The number of aromatic nitrogens is 2. The van der Waals surface area contributed by atoms with E-state index in [9.17, 15) is 0 Å². The quantitative estimate of drug-likeness (QED) is 0.584. The van der Waals surface area contributed by atoms with Crippen LogP contribution in [0.1, 0.15) is 26.7 Å². The van der Waals surface area contributed by atoms with Gasteiger partial charge in [-0.15, -0.1) is 0 Å². The van der Waals surface area contributed by atoms with Crippen LogP contribution < -0.4 is 16.8 Å². The summed E-state index contributed by atoms with van der Waals surface area (Å²) in [5.74, 6) is 1.06. The monoisotopic (exact) mass is 225 g/mol. The van der Waals surface area contributed by atoms with Crippen molar-refractivity contribution in [1.82, 2.24) is 9.97 Å². The highest BCUT2D eigenvalue weighted by Gasteiger charge is 2.21. The Balaban J connectivity index is 2.85. The van der Waals surface area contributed by atoms with Gasteiger partial charge < -0.3 is 21.9 Å². The van der Waals surface area contributed by atoms with Crippen molar-refractivity contribution in [3.8, 4) is 0 Å². The zero-order valence-corrected chi connectivity index (χ0v) is 9.70. The highest BCUT2D eigenvalue weighted by molar-refractivity contribution is 5.49. The Kier molecular flexibility index (Phi) is 3.89. The van der Waals surface area contributed by atoms with Crippen molar-refractivity contribution in [2.24, 2.45) is 0 Å². The fourth-order valence-electron chi connectivity index (χ4n) is 1.43. The van der Waals surface area contributed by atoms with Crippen LogP contribution in [-0.4, -0.2) is 27.2 Å². The van der Waals surface area contributed by atoms with Crippen LogP contribution in [0.3, 0.4) is 0 Å². The topological polar surface area (TPSA) is 110 Å². The summed E-state index contributed by atoms with van der Waals surface area (Å²) in [7, 11) is 0. The molecule has 0 aliphatic carbocycles. The standard InChI is InChI=1S/C10H19N5O/c1-3-10(2,4-5-16)15-8-6-7(11)13-9(12)14-8/h6,16H,3-5H2,1-2H3,(H5,11,12,13,14,15). The first-order valence-electron chi connectivity index (χ1n) is 5.28. The molecule has 1 aromatic rings. The maximum Gasteiger partial charge on any atom is 0.223 e. The lowest BCUT2D eigenvalue weighted by Gasteiger charge is -2.29. The van der Waals surface area contributed by atoms with Crippen LogP contribution >= 0.6 is 0 Å². The number of nitrogens with two attached hydrogens (primary N) is 2. The molecule has 1 rings (SSSR count). The molecule has 0 radical (unpaired) electrons. The molecular formula is C10H19N5O. The Morgan fingerprint density at radius 1 is 1.44 bits per heavy atom. The summed E-state index contributed by atoms with van der Waals surface area (Å²) in [5, 5.41) is 12.2. The molecule has 0 aliphatic rings. The largest absolute Gasteiger partial charge is 0.396 e. The van der Waals surface area contributed by atoms with Crippen LogP contribution in [0.25, 0.3) is 0 Å². The molecule has 90 valence electrons. The first kappa shape index (κ1) is 12.5. The second kappa shape index (κ2) is 4.98. The lowest BCUT2D eigenvalue weighted by Crippen LogP contribution is -2.35. The summed E-state index contributed by atoms with van der Waals surface area (Å²) in [6.45, 7) is 4.17. The summed E-state index contributed by atoms with van der Waals surface area (Å²) in [6, 6.07) is 1.63. The first-order valence-corrected chi connectivity index (χ1v) is 5.28. The minimum absolute atomic E-state index is 0.118. The number of nitrogens with zero attached hydrogens (tertiary/aromatic N) is 2. The molecule has 1 atom stereocenters. The third-order valence-electron chi connectivity index (χ3n) is 2.64. The molecule has 1 unspecified atom stereocenters. The van der Waals surface area contributed by atoms with Crippen molar-refractivity contribution in [1.29, 1.82) is 0 Å². The van der Waals surface area contributed by atoms with Gasteiger partial charge in [-0.25, -0.2) is 0 Å². The average molecular weight is 225 g/mol. The van der Waals surface area contributed by atoms with Gasteiger partial charge in [-0.3, -0.25) is 0 Å². The van der Waals surface area contributed by atoms with Gasteiger partial charge in [-0.05, 0) is 19.8 Å². The molecule has 0 amide bonds. The molecule has 0 bridgehead atoms. The van der Waals surface area contributed by atoms with E-state index in [0.29, 0.717) is 18.1 Å². The lowest BCUT2D eigenvalue weighted by atomic mass is 9.95. The number of hydrogen-bond donors (Lipinski definition) is 4. The second-order valence-electron chi connectivity index (χ2n) is 4.05. The average Bonchev–Trinajstić information content (AvgIpc) is 2.16. The van der Waals surface area contributed by atoms with E-state index in [1.807, 2.05) is 13.8 Å². The molecule has 6 nitrogen and oxygen atoms in total. The third kappa shape index (κ3) is 3.23. The van der Waals surface area contributed by atoms with E-state index in [-0.39, 0.29) is 18.1 Å². The smallest absolute Gasteiger partial charge is 0.223 e.